The van der Waals surface area contributed by atoms with Crippen molar-refractivity contribution in [2.75, 3.05) is 16.6 Å². The smallest absolute Gasteiger partial charge is 0.261 e. The van der Waals surface area contributed by atoms with Gasteiger partial charge in [0.15, 0.2) is 5.78 Å². The average Bonchev–Trinajstić information content (AvgIpc) is 2.75. The van der Waals surface area contributed by atoms with Crippen molar-refractivity contribution in [3.05, 3.63) is 83.9 Å². The number of ether oxygens (including phenoxy) is 1. The van der Waals surface area contributed by atoms with Gasteiger partial charge in [-0.05, 0) is 62.4 Å². The van der Waals surface area contributed by atoms with E-state index in [0.717, 1.165) is 0 Å². The van der Waals surface area contributed by atoms with Crippen LogP contribution in [-0.4, -0.2) is 26.7 Å². The molecule has 0 heterocycles. The topological polar surface area (TPSA) is 102 Å². The number of rotatable bonds is 8. The molecule has 7 nitrogen and oxygen atoms in total. The molecule has 0 fully saturated rings. The molecule has 2 N–H and O–H groups in total. The van der Waals surface area contributed by atoms with Gasteiger partial charge in [-0.3, -0.25) is 14.3 Å². The Labute approximate surface area is 181 Å². The molecule has 0 atom stereocenters. The summed E-state index contributed by atoms with van der Waals surface area (Å²) in [6.07, 6.45) is 0. The molecule has 160 valence electrons. The van der Waals surface area contributed by atoms with E-state index in [9.17, 15) is 18.0 Å². The largest absolute Gasteiger partial charge is 0.494 e. The number of Topliss-reactive ketones (excluding diaryl/α,β-unsaturated/α-hetero) is 1. The van der Waals surface area contributed by atoms with E-state index >= 15 is 0 Å². The van der Waals surface area contributed by atoms with E-state index < -0.39 is 15.9 Å². The second kappa shape index (κ2) is 9.44. The lowest BCUT2D eigenvalue weighted by Gasteiger charge is -2.13. The number of para-hydroxylation sites is 1. The van der Waals surface area contributed by atoms with Crippen LogP contribution in [0.3, 0.4) is 0 Å². The predicted octanol–water partition coefficient (Wildman–Crippen LogP) is 4.34. The Morgan fingerprint density at radius 3 is 2.16 bits per heavy atom. The molecule has 0 radical (unpaired) electrons. The minimum absolute atomic E-state index is 0.0146. The summed E-state index contributed by atoms with van der Waals surface area (Å²) in [6, 6.07) is 18.8. The van der Waals surface area contributed by atoms with Crippen LogP contribution in [0.1, 0.15) is 34.6 Å². The van der Waals surface area contributed by atoms with E-state index in [1.165, 1.54) is 43.3 Å². The first-order valence-corrected chi connectivity index (χ1v) is 11.1. The Balaban J connectivity index is 1.80. The second-order valence-electron chi connectivity index (χ2n) is 6.64. The molecule has 3 aromatic rings. The summed E-state index contributed by atoms with van der Waals surface area (Å²) >= 11 is 0. The monoisotopic (exact) mass is 438 g/mol. The summed E-state index contributed by atoms with van der Waals surface area (Å²) < 4.78 is 33.4. The molecule has 0 aliphatic heterocycles. The molecular weight excluding hydrogens is 416 g/mol. The molecule has 0 unspecified atom stereocenters. The van der Waals surface area contributed by atoms with E-state index in [2.05, 4.69) is 10.0 Å². The van der Waals surface area contributed by atoms with Crippen molar-refractivity contribution in [3.63, 3.8) is 0 Å². The lowest BCUT2D eigenvalue weighted by atomic mass is 10.1. The third kappa shape index (κ3) is 5.49. The number of benzene rings is 3. The Hall–Kier alpha value is -3.65. The van der Waals surface area contributed by atoms with Gasteiger partial charge in [0.05, 0.1) is 22.8 Å². The first kappa shape index (κ1) is 22.0. The second-order valence-corrected chi connectivity index (χ2v) is 8.33. The van der Waals surface area contributed by atoms with Crippen LogP contribution in [-0.2, 0) is 10.0 Å². The maximum Gasteiger partial charge on any atom is 0.261 e. The number of amides is 1. The molecule has 8 heteroatoms. The van der Waals surface area contributed by atoms with E-state index in [1.54, 1.807) is 36.4 Å². The number of carbonyl (C=O) groups excluding carboxylic acids is 2. The van der Waals surface area contributed by atoms with Gasteiger partial charge in [-0.1, -0.05) is 24.3 Å². The highest BCUT2D eigenvalue weighted by atomic mass is 32.2. The van der Waals surface area contributed by atoms with Gasteiger partial charge < -0.3 is 10.1 Å². The zero-order valence-electron chi connectivity index (χ0n) is 17.1. The molecule has 0 spiro atoms. The first-order valence-electron chi connectivity index (χ1n) is 9.57. The number of ketones is 1. The quantitative estimate of drug-likeness (QED) is 0.510. The molecule has 0 aromatic heterocycles. The normalized spacial score (nSPS) is 10.9. The Bertz CT molecular complexity index is 1190. The Morgan fingerprint density at radius 2 is 1.55 bits per heavy atom. The molecular formula is C23H22N2O5S. The number of hydrogen-bond acceptors (Lipinski definition) is 5. The molecule has 0 saturated heterocycles. The minimum Gasteiger partial charge on any atom is -0.494 e. The summed E-state index contributed by atoms with van der Waals surface area (Å²) in [4.78, 5) is 24.2. The van der Waals surface area contributed by atoms with E-state index in [1.807, 2.05) is 6.92 Å². The number of anilines is 2. The summed E-state index contributed by atoms with van der Waals surface area (Å²) in [6.45, 7) is 3.82. The van der Waals surface area contributed by atoms with Crippen LogP contribution in [0.15, 0.2) is 77.7 Å². The highest BCUT2D eigenvalue weighted by molar-refractivity contribution is 7.92. The molecule has 31 heavy (non-hydrogen) atoms. The van der Waals surface area contributed by atoms with Crippen molar-refractivity contribution < 1.29 is 22.7 Å². The van der Waals surface area contributed by atoms with Gasteiger partial charge in [0.2, 0.25) is 0 Å². The van der Waals surface area contributed by atoms with Gasteiger partial charge in [-0.15, -0.1) is 0 Å². The molecule has 0 aliphatic rings. The number of nitrogens with one attached hydrogen (secondary N) is 2. The Morgan fingerprint density at radius 1 is 0.903 bits per heavy atom. The summed E-state index contributed by atoms with van der Waals surface area (Å²) in [7, 11) is -3.95. The van der Waals surface area contributed by atoms with Gasteiger partial charge in [-0.25, -0.2) is 8.42 Å². The van der Waals surface area contributed by atoms with Crippen LogP contribution < -0.4 is 14.8 Å². The lowest BCUT2D eigenvalue weighted by molar-refractivity contribution is 0.101. The minimum atomic E-state index is -3.95. The number of carbonyl (C=O) groups is 2. The van der Waals surface area contributed by atoms with Crippen LogP contribution in [0.4, 0.5) is 11.4 Å². The summed E-state index contributed by atoms with van der Waals surface area (Å²) in [5.41, 5.74) is 1.27. The van der Waals surface area contributed by atoms with Crippen molar-refractivity contribution in [1.82, 2.24) is 0 Å². The predicted molar refractivity (Wildman–Crippen MR) is 119 cm³/mol. The van der Waals surface area contributed by atoms with Crippen molar-refractivity contribution in [1.29, 1.82) is 0 Å². The van der Waals surface area contributed by atoms with Crippen molar-refractivity contribution >= 4 is 33.1 Å². The van der Waals surface area contributed by atoms with E-state index in [-0.39, 0.29) is 21.9 Å². The lowest BCUT2D eigenvalue weighted by Crippen LogP contribution is -2.18. The average molecular weight is 439 g/mol. The van der Waals surface area contributed by atoms with Gasteiger partial charge >= 0.3 is 0 Å². The maximum atomic E-state index is 12.8. The molecule has 0 bridgehead atoms. The van der Waals surface area contributed by atoms with Gasteiger partial charge in [-0.2, -0.15) is 0 Å². The molecule has 0 aliphatic carbocycles. The molecule has 1 amide bonds. The first-order chi connectivity index (χ1) is 14.8. The SMILES string of the molecule is CCOc1ccc(NC(=O)c2ccccc2NS(=O)(=O)c2ccc(C(C)=O)cc2)cc1. The van der Waals surface area contributed by atoms with Crippen LogP contribution in [0.2, 0.25) is 0 Å². The van der Waals surface area contributed by atoms with Crippen LogP contribution in [0.25, 0.3) is 0 Å². The van der Waals surface area contributed by atoms with Gasteiger partial charge in [0, 0.05) is 11.3 Å². The maximum absolute atomic E-state index is 12.8. The van der Waals surface area contributed by atoms with E-state index in [0.29, 0.717) is 23.6 Å². The standard InChI is InChI=1S/C23H22N2O5S/c1-3-30-19-12-10-18(11-13-19)24-23(27)21-6-4-5-7-22(21)25-31(28,29)20-14-8-17(9-15-20)16(2)26/h4-15,25H,3H2,1-2H3,(H,24,27). The fraction of sp³-hybridized carbons (Fsp3) is 0.130. The molecule has 0 saturated carbocycles. The molecule has 3 rings (SSSR count). The van der Waals surface area contributed by atoms with Crippen LogP contribution in [0, 0.1) is 0 Å². The van der Waals surface area contributed by atoms with Crippen LogP contribution in [0.5, 0.6) is 5.75 Å². The van der Waals surface area contributed by atoms with Gasteiger partial charge in [0.25, 0.3) is 15.9 Å². The summed E-state index contributed by atoms with van der Waals surface area (Å²) in [5, 5.41) is 2.75. The highest BCUT2D eigenvalue weighted by Gasteiger charge is 2.19. The Kier molecular flexibility index (Phi) is 6.71. The summed E-state index contributed by atoms with van der Waals surface area (Å²) in [5.74, 6) is 0.0621. The van der Waals surface area contributed by atoms with Crippen molar-refractivity contribution in [2.24, 2.45) is 0 Å². The van der Waals surface area contributed by atoms with Crippen molar-refractivity contribution in [2.45, 2.75) is 18.7 Å². The van der Waals surface area contributed by atoms with Crippen LogP contribution >= 0.6 is 0 Å². The fourth-order valence-corrected chi connectivity index (χ4v) is 3.92. The fourth-order valence-electron chi connectivity index (χ4n) is 2.84. The van der Waals surface area contributed by atoms with Gasteiger partial charge in [0.1, 0.15) is 5.75 Å². The zero-order valence-corrected chi connectivity index (χ0v) is 17.9. The number of sulfonamides is 1. The van der Waals surface area contributed by atoms with Crippen molar-refractivity contribution in [3.8, 4) is 5.75 Å². The molecule has 3 aromatic carbocycles. The highest BCUT2D eigenvalue weighted by Crippen LogP contribution is 2.23. The zero-order chi connectivity index (χ0) is 22.4. The number of hydrogen-bond donors (Lipinski definition) is 2. The van der Waals surface area contributed by atoms with E-state index in [4.69, 9.17) is 4.74 Å². The third-order valence-corrected chi connectivity index (χ3v) is 5.79. The third-order valence-electron chi connectivity index (χ3n) is 4.41.